The molecule has 3 heterocycles. The Morgan fingerprint density at radius 1 is 1.21 bits per heavy atom. The number of phosphoric acid groups is 1. The van der Waals surface area contributed by atoms with Crippen LogP contribution in [0.5, 0.6) is 0 Å². The van der Waals surface area contributed by atoms with Crippen LogP contribution < -0.4 is 5.32 Å². The van der Waals surface area contributed by atoms with Crippen LogP contribution >= 0.6 is 19.4 Å². The van der Waals surface area contributed by atoms with Crippen LogP contribution in [0.2, 0.25) is 5.02 Å². The summed E-state index contributed by atoms with van der Waals surface area (Å²) in [4.78, 5) is 31.8. The third-order valence-corrected chi connectivity index (χ3v) is 5.27. The molecule has 0 spiro atoms. The van der Waals surface area contributed by atoms with Crippen molar-refractivity contribution >= 4 is 36.4 Å². The van der Waals surface area contributed by atoms with Crippen molar-refractivity contribution in [3.63, 3.8) is 0 Å². The van der Waals surface area contributed by atoms with E-state index in [1.807, 2.05) is 0 Å². The number of anilines is 1. The van der Waals surface area contributed by atoms with E-state index in [0.717, 1.165) is 11.1 Å². The zero-order valence-corrected chi connectivity index (χ0v) is 18.3. The molecule has 1 saturated heterocycles. The van der Waals surface area contributed by atoms with Gasteiger partial charge in [0.2, 0.25) is 0 Å². The summed E-state index contributed by atoms with van der Waals surface area (Å²) in [5.41, 5.74) is 2.10. The SMILES string of the molecule is Fc1ccc(CNc2ncnc3nc[nH]c23)c(Cl)c1.O=P(O)(O)OC[C@H]1OC(O)[C@H](O)[C@@H]1O. The first-order chi connectivity index (χ1) is 15.5. The number of aromatic nitrogens is 4. The lowest BCUT2D eigenvalue weighted by atomic mass is 10.1. The number of H-pyrrole nitrogens is 1. The average molecular weight is 508 g/mol. The van der Waals surface area contributed by atoms with Crippen molar-refractivity contribution < 1.29 is 43.3 Å². The highest BCUT2D eigenvalue weighted by Gasteiger charge is 2.42. The van der Waals surface area contributed by atoms with Gasteiger partial charge < -0.3 is 40.1 Å². The van der Waals surface area contributed by atoms with E-state index in [4.69, 9.17) is 36.7 Å². The molecular formula is C17H20ClFN5O8P. The molecule has 1 aliphatic rings. The molecule has 180 valence electrons. The minimum absolute atomic E-state index is 0.355. The summed E-state index contributed by atoms with van der Waals surface area (Å²) < 4.78 is 31.8. The second-order valence-electron chi connectivity index (χ2n) is 6.75. The summed E-state index contributed by atoms with van der Waals surface area (Å²) in [5.74, 6) is 0.273. The Balaban J connectivity index is 0.000000196. The molecule has 1 fully saturated rings. The third kappa shape index (κ3) is 6.86. The van der Waals surface area contributed by atoms with E-state index in [-0.39, 0.29) is 5.82 Å². The van der Waals surface area contributed by atoms with E-state index in [2.05, 4.69) is 34.5 Å². The van der Waals surface area contributed by atoms with E-state index in [9.17, 15) is 8.96 Å². The van der Waals surface area contributed by atoms with Crippen LogP contribution in [0.15, 0.2) is 30.9 Å². The number of imidazole rings is 1. The topological polar surface area (TPSA) is 203 Å². The Morgan fingerprint density at radius 2 is 1.97 bits per heavy atom. The number of hydrogen-bond donors (Lipinski definition) is 7. The molecule has 1 aromatic carbocycles. The fraction of sp³-hybridized carbons (Fsp3) is 0.353. The van der Waals surface area contributed by atoms with Crippen LogP contribution in [0.4, 0.5) is 10.2 Å². The molecule has 0 radical (unpaired) electrons. The molecule has 0 saturated carbocycles. The van der Waals surface area contributed by atoms with Gasteiger partial charge >= 0.3 is 7.82 Å². The van der Waals surface area contributed by atoms with Crippen molar-refractivity contribution in [2.45, 2.75) is 31.1 Å². The molecule has 1 unspecified atom stereocenters. The first-order valence-electron chi connectivity index (χ1n) is 9.27. The molecule has 0 aliphatic carbocycles. The highest BCUT2D eigenvalue weighted by molar-refractivity contribution is 7.46. The van der Waals surface area contributed by atoms with Gasteiger partial charge in [-0.25, -0.2) is 23.9 Å². The molecule has 16 heteroatoms. The third-order valence-electron chi connectivity index (χ3n) is 4.43. The summed E-state index contributed by atoms with van der Waals surface area (Å²) in [7, 11) is -4.64. The number of phosphoric ester groups is 1. The van der Waals surface area contributed by atoms with Gasteiger partial charge in [-0.2, -0.15) is 0 Å². The van der Waals surface area contributed by atoms with Crippen molar-refractivity contribution in [3.8, 4) is 0 Å². The van der Waals surface area contributed by atoms with E-state index >= 15 is 0 Å². The summed E-state index contributed by atoms with van der Waals surface area (Å²) in [6.45, 7) is -0.177. The molecule has 3 aromatic rings. The van der Waals surface area contributed by atoms with Crippen molar-refractivity contribution in [2.75, 3.05) is 11.9 Å². The van der Waals surface area contributed by atoms with Gasteiger partial charge in [0.05, 0.1) is 12.9 Å². The van der Waals surface area contributed by atoms with Gasteiger partial charge in [-0.3, -0.25) is 4.52 Å². The predicted molar refractivity (Wildman–Crippen MR) is 111 cm³/mol. The Kier molecular flexibility index (Phi) is 8.28. The Morgan fingerprint density at radius 3 is 2.61 bits per heavy atom. The number of nitrogens with zero attached hydrogens (tertiary/aromatic N) is 3. The highest BCUT2D eigenvalue weighted by atomic mass is 35.5. The Hall–Kier alpha value is -2.26. The lowest BCUT2D eigenvalue weighted by Crippen LogP contribution is -2.34. The molecule has 7 N–H and O–H groups in total. The zero-order chi connectivity index (χ0) is 24.2. The molecule has 4 rings (SSSR count). The second-order valence-corrected chi connectivity index (χ2v) is 8.39. The number of benzene rings is 1. The van der Waals surface area contributed by atoms with Gasteiger partial charge in [-0.1, -0.05) is 17.7 Å². The van der Waals surface area contributed by atoms with Gasteiger partial charge in [0.1, 0.15) is 36.0 Å². The maximum Gasteiger partial charge on any atom is 0.469 e. The molecule has 2 aromatic heterocycles. The van der Waals surface area contributed by atoms with Gasteiger partial charge in [0.15, 0.2) is 17.8 Å². The number of hydrogen-bond acceptors (Lipinski definition) is 10. The van der Waals surface area contributed by atoms with Crippen LogP contribution in [-0.2, 0) is 20.4 Å². The number of nitrogens with one attached hydrogen (secondary N) is 2. The Labute approximate surface area is 190 Å². The van der Waals surface area contributed by atoms with E-state index in [1.54, 1.807) is 12.4 Å². The summed E-state index contributed by atoms with van der Waals surface area (Å²) in [5, 5.41) is 30.5. The van der Waals surface area contributed by atoms with Crippen LogP contribution in [-0.4, -0.2) is 76.3 Å². The second kappa shape index (κ2) is 10.8. The highest BCUT2D eigenvalue weighted by Crippen LogP contribution is 2.37. The lowest BCUT2D eigenvalue weighted by Gasteiger charge is -2.14. The van der Waals surface area contributed by atoms with Crippen molar-refractivity contribution in [1.29, 1.82) is 0 Å². The number of aromatic amines is 1. The van der Waals surface area contributed by atoms with E-state index < -0.39 is 39.0 Å². The molecule has 0 bridgehead atoms. The number of halogens is 2. The predicted octanol–water partition coefficient (Wildman–Crippen LogP) is 0.292. The standard InChI is InChI=1S/C12H9ClFN5.C5H11O8P/c13-9-3-8(14)2-1-7(9)4-15-11-10-12(17-5-16-10)19-6-18-11;6-3-2(1-12-14(9,10)11)13-5(8)4(3)7/h1-3,5-6H,4H2,(H2,15,16,17,18,19);2-8H,1H2,(H2,9,10,11)/t;2-,3-,4-,5?/m.1/s1. The maximum atomic E-state index is 12.9. The smallest absolute Gasteiger partial charge is 0.387 e. The fourth-order valence-electron chi connectivity index (χ4n) is 2.78. The van der Waals surface area contributed by atoms with E-state index in [1.165, 1.54) is 18.5 Å². The molecule has 4 atom stereocenters. The molecule has 33 heavy (non-hydrogen) atoms. The van der Waals surface area contributed by atoms with Crippen LogP contribution in [0.25, 0.3) is 11.2 Å². The Bertz CT molecular complexity index is 1130. The number of ether oxygens (including phenoxy) is 1. The number of aliphatic hydroxyl groups excluding tert-OH is 3. The van der Waals surface area contributed by atoms with E-state index in [0.29, 0.717) is 23.0 Å². The van der Waals surface area contributed by atoms with Crippen LogP contribution in [0, 0.1) is 5.82 Å². The average Bonchev–Trinajstić information content (AvgIpc) is 3.32. The quantitative estimate of drug-likeness (QED) is 0.225. The first kappa shape index (κ1) is 25.4. The van der Waals surface area contributed by atoms with Gasteiger partial charge in [-0.15, -0.1) is 0 Å². The summed E-state index contributed by atoms with van der Waals surface area (Å²) in [6.07, 6.45) is -2.69. The van der Waals surface area contributed by atoms with Crippen molar-refractivity contribution in [2.24, 2.45) is 0 Å². The first-order valence-corrected chi connectivity index (χ1v) is 11.2. The lowest BCUT2D eigenvalue weighted by molar-refractivity contribution is -0.132. The van der Waals surface area contributed by atoms with Crippen molar-refractivity contribution in [3.05, 3.63) is 47.3 Å². The van der Waals surface area contributed by atoms with Gasteiger partial charge in [0.25, 0.3) is 0 Å². The fourth-order valence-corrected chi connectivity index (χ4v) is 3.36. The minimum Gasteiger partial charge on any atom is -0.387 e. The van der Waals surface area contributed by atoms with Gasteiger partial charge in [0, 0.05) is 11.6 Å². The molecular weight excluding hydrogens is 488 g/mol. The summed E-state index contributed by atoms with van der Waals surface area (Å²) >= 11 is 5.96. The van der Waals surface area contributed by atoms with Crippen LogP contribution in [0.1, 0.15) is 5.56 Å². The van der Waals surface area contributed by atoms with Crippen LogP contribution in [0.3, 0.4) is 0 Å². The number of rotatable bonds is 6. The number of fused-ring (bicyclic) bond motifs is 1. The monoisotopic (exact) mass is 507 g/mol. The number of aliphatic hydroxyl groups is 3. The summed E-state index contributed by atoms with van der Waals surface area (Å²) in [6, 6.07) is 4.29. The largest absolute Gasteiger partial charge is 0.469 e. The molecule has 1 aliphatic heterocycles. The maximum absolute atomic E-state index is 12.9. The van der Waals surface area contributed by atoms with Crippen molar-refractivity contribution in [1.82, 2.24) is 19.9 Å². The van der Waals surface area contributed by atoms with Gasteiger partial charge in [-0.05, 0) is 17.7 Å². The molecule has 0 amide bonds. The normalized spacial score (nSPS) is 22.8. The molecule has 13 nitrogen and oxygen atoms in total. The minimum atomic E-state index is -4.64. The zero-order valence-electron chi connectivity index (χ0n) is 16.6.